The van der Waals surface area contributed by atoms with Gasteiger partial charge in [0, 0.05) is 13.1 Å². The molecule has 0 heterocycles. The first-order valence-corrected chi connectivity index (χ1v) is 6.04. The van der Waals surface area contributed by atoms with E-state index in [0.717, 1.165) is 11.1 Å². The SMILES string of the molecule is CCN(CC)C(=O)Oc1c(C)cc(C)cc1C. The lowest BCUT2D eigenvalue weighted by molar-refractivity contribution is 0.156. The van der Waals surface area contributed by atoms with Crippen molar-refractivity contribution in [3.05, 3.63) is 28.8 Å². The first-order valence-electron chi connectivity index (χ1n) is 6.04. The largest absolute Gasteiger partial charge is 0.415 e. The first-order chi connectivity index (χ1) is 7.99. The monoisotopic (exact) mass is 235 g/mol. The van der Waals surface area contributed by atoms with E-state index in [0.29, 0.717) is 18.8 Å². The Morgan fingerprint density at radius 3 is 2.00 bits per heavy atom. The molecule has 0 aliphatic rings. The van der Waals surface area contributed by atoms with Crippen LogP contribution >= 0.6 is 0 Å². The molecule has 3 nitrogen and oxygen atoms in total. The molecule has 1 aromatic rings. The van der Waals surface area contributed by atoms with Crippen LogP contribution in [0.25, 0.3) is 0 Å². The molecule has 0 spiro atoms. The Morgan fingerprint density at radius 1 is 1.12 bits per heavy atom. The molecule has 1 amide bonds. The number of hydrogen-bond acceptors (Lipinski definition) is 2. The molecule has 17 heavy (non-hydrogen) atoms. The van der Waals surface area contributed by atoms with E-state index < -0.39 is 0 Å². The van der Waals surface area contributed by atoms with Crippen molar-refractivity contribution in [3.63, 3.8) is 0 Å². The van der Waals surface area contributed by atoms with Crippen molar-refractivity contribution in [2.75, 3.05) is 13.1 Å². The van der Waals surface area contributed by atoms with Crippen molar-refractivity contribution in [1.82, 2.24) is 4.90 Å². The van der Waals surface area contributed by atoms with Gasteiger partial charge >= 0.3 is 6.09 Å². The van der Waals surface area contributed by atoms with Crippen LogP contribution in [0.4, 0.5) is 4.79 Å². The van der Waals surface area contributed by atoms with Crippen molar-refractivity contribution in [3.8, 4) is 5.75 Å². The first kappa shape index (κ1) is 13.6. The smallest absolute Gasteiger partial charge is 0.410 e. The fraction of sp³-hybridized carbons (Fsp3) is 0.500. The Morgan fingerprint density at radius 2 is 1.59 bits per heavy atom. The fourth-order valence-corrected chi connectivity index (χ4v) is 1.96. The predicted octanol–water partition coefficient (Wildman–Crippen LogP) is 3.45. The molecule has 0 unspecified atom stereocenters. The molecule has 94 valence electrons. The zero-order valence-corrected chi connectivity index (χ0v) is 11.3. The van der Waals surface area contributed by atoms with Gasteiger partial charge in [-0.25, -0.2) is 4.79 Å². The van der Waals surface area contributed by atoms with E-state index in [1.54, 1.807) is 4.90 Å². The number of aryl methyl sites for hydroxylation is 3. The average molecular weight is 235 g/mol. The summed E-state index contributed by atoms with van der Waals surface area (Å²) in [4.78, 5) is 13.5. The zero-order chi connectivity index (χ0) is 13.0. The molecule has 1 rings (SSSR count). The number of carbonyl (C=O) groups excluding carboxylic acids is 1. The van der Waals surface area contributed by atoms with Gasteiger partial charge in [0.15, 0.2) is 0 Å². The minimum absolute atomic E-state index is 0.273. The number of benzene rings is 1. The van der Waals surface area contributed by atoms with E-state index in [2.05, 4.69) is 0 Å². The number of carbonyl (C=O) groups is 1. The number of nitrogens with zero attached hydrogens (tertiary/aromatic N) is 1. The summed E-state index contributed by atoms with van der Waals surface area (Å²) in [6.07, 6.45) is -0.273. The summed E-state index contributed by atoms with van der Waals surface area (Å²) in [7, 11) is 0. The van der Waals surface area contributed by atoms with E-state index in [1.807, 2.05) is 46.8 Å². The topological polar surface area (TPSA) is 29.5 Å². The maximum atomic E-state index is 11.9. The number of ether oxygens (including phenoxy) is 1. The van der Waals surface area contributed by atoms with Gasteiger partial charge in [-0.1, -0.05) is 17.7 Å². The quantitative estimate of drug-likeness (QED) is 0.803. The number of hydrogen-bond donors (Lipinski definition) is 0. The predicted molar refractivity (Wildman–Crippen MR) is 69.6 cm³/mol. The second-order valence-electron chi connectivity index (χ2n) is 4.27. The Labute approximate surface area is 103 Å². The molecular formula is C14H21NO2. The van der Waals surface area contributed by atoms with Crippen molar-refractivity contribution in [1.29, 1.82) is 0 Å². The highest BCUT2D eigenvalue weighted by atomic mass is 16.6. The number of amides is 1. The van der Waals surface area contributed by atoms with Crippen LogP contribution in [-0.2, 0) is 0 Å². The van der Waals surface area contributed by atoms with Crippen LogP contribution in [0.3, 0.4) is 0 Å². The lowest BCUT2D eigenvalue weighted by Gasteiger charge is -2.19. The second kappa shape index (κ2) is 5.71. The maximum Gasteiger partial charge on any atom is 0.415 e. The third kappa shape index (κ3) is 3.22. The summed E-state index contributed by atoms with van der Waals surface area (Å²) >= 11 is 0. The third-order valence-corrected chi connectivity index (χ3v) is 2.82. The molecule has 1 aromatic carbocycles. The van der Waals surface area contributed by atoms with Gasteiger partial charge in [0.25, 0.3) is 0 Å². The molecule has 0 aliphatic heterocycles. The lowest BCUT2D eigenvalue weighted by atomic mass is 10.1. The van der Waals surface area contributed by atoms with Crippen LogP contribution < -0.4 is 4.74 Å². The molecule has 0 N–H and O–H groups in total. The van der Waals surface area contributed by atoms with Crippen LogP contribution in [0.15, 0.2) is 12.1 Å². The minimum atomic E-state index is -0.273. The highest BCUT2D eigenvalue weighted by molar-refractivity contribution is 5.71. The van der Waals surface area contributed by atoms with Crippen molar-refractivity contribution in [2.45, 2.75) is 34.6 Å². The molecule has 0 bridgehead atoms. The molecule has 0 saturated carbocycles. The van der Waals surface area contributed by atoms with Crippen LogP contribution in [0.5, 0.6) is 5.75 Å². The maximum absolute atomic E-state index is 11.9. The standard InChI is InChI=1S/C14H21NO2/c1-6-15(7-2)14(16)17-13-11(4)8-10(3)9-12(13)5/h8-9H,6-7H2,1-5H3. The molecule has 0 fully saturated rings. The van der Waals surface area contributed by atoms with Gasteiger partial charge in [-0.05, 0) is 45.7 Å². The van der Waals surface area contributed by atoms with Gasteiger partial charge in [0.05, 0.1) is 0 Å². The summed E-state index contributed by atoms with van der Waals surface area (Å²) in [5.74, 6) is 0.688. The van der Waals surface area contributed by atoms with Crippen LogP contribution in [0.2, 0.25) is 0 Å². The van der Waals surface area contributed by atoms with E-state index in [1.165, 1.54) is 5.56 Å². The van der Waals surface area contributed by atoms with Crippen molar-refractivity contribution < 1.29 is 9.53 Å². The molecule has 0 saturated heterocycles. The molecular weight excluding hydrogens is 214 g/mol. The fourth-order valence-electron chi connectivity index (χ4n) is 1.96. The number of rotatable bonds is 3. The van der Waals surface area contributed by atoms with E-state index >= 15 is 0 Å². The third-order valence-electron chi connectivity index (χ3n) is 2.82. The Bertz CT molecular complexity index is 386. The van der Waals surface area contributed by atoms with E-state index in [-0.39, 0.29) is 6.09 Å². The summed E-state index contributed by atoms with van der Waals surface area (Å²) in [6, 6.07) is 4.05. The highest BCUT2D eigenvalue weighted by Crippen LogP contribution is 2.25. The summed E-state index contributed by atoms with van der Waals surface area (Å²) < 4.78 is 5.46. The van der Waals surface area contributed by atoms with Crippen LogP contribution in [-0.4, -0.2) is 24.1 Å². The molecule has 0 radical (unpaired) electrons. The lowest BCUT2D eigenvalue weighted by Crippen LogP contribution is -2.33. The highest BCUT2D eigenvalue weighted by Gasteiger charge is 2.15. The van der Waals surface area contributed by atoms with Gasteiger partial charge in [0.2, 0.25) is 0 Å². The Hall–Kier alpha value is -1.51. The zero-order valence-electron chi connectivity index (χ0n) is 11.3. The van der Waals surface area contributed by atoms with Gasteiger partial charge in [-0.15, -0.1) is 0 Å². The molecule has 0 atom stereocenters. The summed E-state index contributed by atoms with van der Waals surface area (Å²) in [5, 5.41) is 0. The van der Waals surface area contributed by atoms with Gasteiger partial charge < -0.3 is 9.64 Å². The molecule has 0 aliphatic carbocycles. The Kier molecular flexibility index (Phi) is 4.55. The summed E-state index contributed by atoms with van der Waals surface area (Å²) in [5.41, 5.74) is 3.19. The van der Waals surface area contributed by atoms with Gasteiger partial charge in [0.1, 0.15) is 5.75 Å². The molecule has 3 heteroatoms. The normalized spacial score (nSPS) is 10.2. The van der Waals surface area contributed by atoms with E-state index in [4.69, 9.17) is 4.74 Å². The van der Waals surface area contributed by atoms with Crippen molar-refractivity contribution in [2.24, 2.45) is 0 Å². The Balaban J connectivity index is 2.92. The van der Waals surface area contributed by atoms with Crippen LogP contribution in [0, 0.1) is 20.8 Å². The molecule has 0 aromatic heterocycles. The van der Waals surface area contributed by atoms with Crippen LogP contribution in [0.1, 0.15) is 30.5 Å². The second-order valence-corrected chi connectivity index (χ2v) is 4.27. The van der Waals surface area contributed by atoms with E-state index in [9.17, 15) is 4.79 Å². The minimum Gasteiger partial charge on any atom is -0.410 e. The average Bonchev–Trinajstić information content (AvgIpc) is 2.25. The summed E-state index contributed by atoms with van der Waals surface area (Å²) in [6.45, 7) is 11.2. The van der Waals surface area contributed by atoms with Crippen molar-refractivity contribution >= 4 is 6.09 Å². The van der Waals surface area contributed by atoms with Gasteiger partial charge in [-0.2, -0.15) is 0 Å². The van der Waals surface area contributed by atoms with Gasteiger partial charge in [-0.3, -0.25) is 0 Å².